The van der Waals surface area contributed by atoms with Gasteiger partial charge in [0.1, 0.15) is 6.54 Å². The second-order valence-corrected chi connectivity index (χ2v) is 6.34. The van der Waals surface area contributed by atoms with Crippen LogP contribution in [0.15, 0.2) is 22.8 Å². The Bertz CT molecular complexity index is 350. The summed E-state index contributed by atoms with van der Waals surface area (Å²) in [6.07, 6.45) is 7.14. The van der Waals surface area contributed by atoms with E-state index >= 15 is 0 Å². The highest BCUT2D eigenvalue weighted by atomic mass is 16.3. The number of hydrogen-bond acceptors (Lipinski definition) is 1. The summed E-state index contributed by atoms with van der Waals surface area (Å²) in [7, 11) is 0. The van der Waals surface area contributed by atoms with Crippen LogP contribution in [0.5, 0.6) is 0 Å². The lowest BCUT2D eigenvalue weighted by atomic mass is 9.78. The van der Waals surface area contributed by atoms with Crippen LogP contribution in [-0.2, 0) is 6.54 Å². The Morgan fingerprint density at radius 1 is 1.32 bits per heavy atom. The summed E-state index contributed by atoms with van der Waals surface area (Å²) in [5, 5.41) is 0. The van der Waals surface area contributed by atoms with E-state index in [1.54, 1.807) is 11.2 Å². The van der Waals surface area contributed by atoms with Gasteiger partial charge in [0.25, 0.3) is 0 Å². The van der Waals surface area contributed by atoms with Crippen LogP contribution < -0.4 is 10.6 Å². The van der Waals surface area contributed by atoms with Gasteiger partial charge in [-0.05, 0) is 36.8 Å². The van der Waals surface area contributed by atoms with Crippen LogP contribution in [0.2, 0.25) is 0 Å². The molecule has 1 saturated carbocycles. The Morgan fingerprint density at radius 2 is 2.16 bits per heavy atom. The zero-order chi connectivity index (χ0) is 13.7. The molecule has 4 atom stereocenters. The molecule has 1 aromatic heterocycles. The fourth-order valence-electron chi connectivity index (χ4n) is 3.34. The molecule has 0 bridgehead atoms. The number of rotatable bonds is 6. The van der Waals surface area contributed by atoms with Crippen LogP contribution in [0, 0.1) is 11.8 Å². The molecule has 2 rings (SSSR count). The fourth-order valence-corrected chi connectivity index (χ4v) is 3.34. The first kappa shape index (κ1) is 14.6. The van der Waals surface area contributed by atoms with Crippen LogP contribution in [0.25, 0.3) is 0 Å². The van der Waals surface area contributed by atoms with Crippen molar-refractivity contribution >= 4 is 0 Å². The van der Waals surface area contributed by atoms with Crippen molar-refractivity contribution in [1.82, 2.24) is 0 Å². The third-order valence-corrected chi connectivity index (χ3v) is 4.90. The average Bonchev–Trinajstić information content (AvgIpc) is 2.91. The minimum atomic E-state index is 0.808. The lowest BCUT2D eigenvalue weighted by Gasteiger charge is -2.36. The van der Waals surface area contributed by atoms with E-state index in [-0.39, 0.29) is 0 Å². The predicted molar refractivity (Wildman–Crippen MR) is 76.6 cm³/mol. The number of hydrogen-bond donors (Lipinski definition) is 2. The molecule has 0 radical (unpaired) electrons. The number of nitrogens with one attached hydrogen (secondary N) is 1. The van der Waals surface area contributed by atoms with Crippen LogP contribution in [-0.4, -0.2) is 19.1 Å². The third kappa shape index (κ3) is 4.08. The first-order valence-electron chi connectivity index (χ1n) is 7.87. The molecule has 3 heteroatoms. The van der Waals surface area contributed by atoms with Gasteiger partial charge in [0.15, 0.2) is 5.76 Å². The van der Waals surface area contributed by atoms with E-state index in [9.17, 15) is 0 Å². The second-order valence-electron chi connectivity index (χ2n) is 6.34. The van der Waals surface area contributed by atoms with Crippen molar-refractivity contribution in [3.8, 4) is 0 Å². The summed E-state index contributed by atoms with van der Waals surface area (Å²) < 4.78 is 5.55. The summed E-state index contributed by atoms with van der Waals surface area (Å²) in [5.41, 5.74) is 3.99. The zero-order valence-electron chi connectivity index (χ0n) is 12.5. The van der Waals surface area contributed by atoms with Crippen molar-refractivity contribution in [3.63, 3.8) is 0 Å². The van der Waals surface area contributed by atoms with Gasteiger partial charge in [0, 0.05) is 12.8 Å². The lowest BCUT2D eigenvalue weighted by Crippen LogP contribution is -3.15. The molecule has 0 aromatic carbocycles. The Morgan fingerprint density at radius 3 is 2.79 bits per heavy atom. The van der Waals surface area contributed by atoms with Gasteiger partial charge in [-0.3, -0.25) is 0 Å². The highest BCUT2D eigenvalue weighted by Gasteiger charge is 2.31. The molecule has 0 saturated heterocycles. The SMILES string of the molecule is C[C@H]1CC[C@@H]([NH+](CCC[NH3+])Cc2ccco2)C[C@@H]1C. The van der Waals surface area contributed by atoms with Crippen molar-refractivity contribution in [1.29, 1.82) is 0 Å². The molecule has 19 heavy (non-hydrogen) atoms. The first-order valence-corrected chi connectivity index (χ1v) is 7.87. The van der Waals surface area contributed by atoms with E-state index in [1.807, 2.05) is 6.07 Å². The van der Waals surface area contributed by atoms with Crippen molar-refractivity contribution in [2.45, 2.75) is 52.1 Å². The van der Waals surface area contributed by atoms with Gasteiger partial charge in [0.05, 0.1) is 25.4 Å². The van der Waals surface area contributed by atoms with Crippen LogP contribution in [0.3, 0.4) is 0 Å². The molecule has 1 aromatic rings. The molecule has 1 heterocycles. The van der Waals surface area contributed by atoms with Crippen LogP contribution >= 0.6 is 0 Å². The van der Waals surface area contributed by atoms with Gasteiger partial charge in [-0.25, -0.2) is 0 Å². The molecule has 1 fully saturated rings. The lowest BCUT2D eigenvalue weighted by molar-refractivity contribution is -0.942. The van der Waals surface area contributed by atoms with Crippen molar-refractivity contribution in [2.24, 2.45) is 11.8 Å². The van der Waals surface area contributed by atoms with Gasteiger partial charge in [0.2, 0.25) is 0 Å². The van der Waals surface area contributed by atoms with E-state index in [0.29, 0.717) is 0 Å². The Kier molecular flexibility index (Phi) is 5.46. The van der Waals surface area contributed by atoms with Crippen molar-refractivity contribution in [2.75, 3.05) is 13.1 Å². The van der Waals surface area contributed by atoms with Crippen LogP contribution in [0.1, 0.15) is 45.3 Å². The van der Waals surface area contributed by atoms with Gasteiger partial charge in [-0.15, -0.1) is 0 Å². The molecule has 0 spiro atoms. The molecule has 1 aliphatic rings. The Balaban J connectivity index is 1.96. The monoisotopic (exact) mass is 266 g/mol. The minimum absolute atomic E-state index is 0.808. The van der Waals surface area contributed by atoms with Gasteiger partial charge >= 0.3 is 0 Å². The van der Waals surface area contributed by atoms with Gasteiger partial charge in [-0.1, -0.05) is 13.8 Å². The Hall–Kier alpha value is -0.800. The molecule has 3 nitrogen and oxygen atoms in total. The van der Waals surface area contributed by atoms with E-state index < -0.39 is 0 Å². The first-order chi connectivity index (χ1) is 9.20. The molecule has 1 aliphatic carbocycles. The largest absolute Gasteiger partial charge is 0.463 e. The topological polar surface area (TPSA) is 45.2 Å². The molecular weight excluding hydrogens is 236 g/mol. The number of furan rings is 1. The van der Waals surface area contributed by atoms with Gasteiger partial charge < -0.3 is 15.1 Å². The summed E-state index contributed by atoms with van der Waals surface area (Å²) in [4.78, 5) is 1.71. The van der Waals surface area contributed by atoms with E-state index in [1.165, 1.54) is 32.2 Å². The maximum Gasteiger partial charge on any atom is 0.157 e. The minimum Gasteiger partial charge on any atom is -0.463 e. The maximum atomic E-state index is 5.55. The molecule has 1 unspecified atom stereocenters. The van der Waals surface area contributed by atoms with Crippen molar-refractivity contribution in [3.05, 3.63) is 24.2 Å². The standard InChI is InChI=1S/C16H28N2O/c1-13-6-7-15(11-14(13)2)18(9-4-8-17)12-16-5-3-10-19-16/h3,5,10,13-15H,4,6-9,11-12,17H2,1-2H3/p+2/t13-,14-,15+/m0/s1. The quantitative estimate of drug-likeness (QED) is 0.796. The summed E-state index contributed by atoms with van der Waals surface area (Å²) in [6, 6.07) is 4.92. The van der Waals surface area contributed by atoms with E-state index in [2.05, 4.69) is 25.6 Å². The van der Waals surface area contributed by atoms with Crippen molar-refractivity contribution < 1.29 is 15.1 Å². The third-order valence-electron chi connectivity index (χ3n) is 4.90. The molecule has 0 amide bonds. The maximum absolute atomic E-state index is 5.55. The fraction of sp³-hybridized carbons (Fsp3) is 0.750. The molecular formula is C16H30N2O+2. The summed E-state index contributed by atoms with van der Waals surface area (Å²) in [5.74, 6) is 2.89. The number of quaternary nitrogens is 2. The molecule has 108 valence electrons. The van der Waals surface area contributed by atoms with Gasteiger partial charge in [-0.2, -0.15) is 0 Å². The van der Waals surface area contributed by atoms with E-state index in [4.69, 9.17) is 4.42 Å². The smallest absolute Gasteiger partial charge is 0.157 e. The average molecular weight is 266 g/mol. The highest BCUT2D eigenvalue weighted by Crippen LogP contribution is 2.28. The highest BCUT2D eigenvalue weighted by molar-refractivity contribution is 4.95. The predicted octanol–water partition coefficient (Wildman–Crippen LogP) is 1.12. The normalized spacial score (nSPS) is 29.3. The molecule has 0 aliphatic heterocycles. The zero-order valence-corrected chi connectivity index (χ0v) is 12.5. The second kappa shape index (κ2) is 7.11. The van der Waals surface area contributed by atoms with Crippen LogP contribution in [0.4, 0.5) is 0 Å². The summed E-state index contributed by atoms with van der Waals surface area (Å²) >= 11 is 0. The Labute approximate surface area is 117 Å². The molecule has 4 N–H and O–H groups in total. The summed E-state index contributed by atoms with van der Waals surface area (Å²) in [6.45, 7) is 8.14. The van der Waals surface area contributed by atoms with E-state index in [0.717, 1.165) is 36.7 Å².